The Bertz CT molecular complexity index is 651. The summed E-state index contributed by atoms with van der Waals surface area (Å²) in [4.78, 5) is 0. The highest BCUT2D eigenvalue weighted by molar-refractivity contribution is 6.30. The smallest absolute Gasteiger partial charge is 0.0406 e. The van der Waals surface area contributed by atoms with Crippen molar-refractivity contribution in [2.75, 3.05) is 0 Å². The predicted molar refractivity (Wildman–Crippen MR) is 110 cm³/mol. The van der Waals surface area contributed by atoms with Gasteiger partial charge in [-0.25, -0.2) is 0 Å². The summed E-state index contributed by atoms with van der Waals surface area (Å²) in [5.74, 6) is 2.80. The number of hydrogen-bond donors (Lipinski definition) is 1. The van der Waals surface area contributed by atoms with E-state index >= 15 is 0 Å². The van der Waals surface area contributed by atoms with E-state index in [0.29, 0.717) is 16.9 Å². The van der Waals surface area contributed by atoms with Crippen LogP contribution in [0.3, 0.4) is 0 Å². The van der Waals surface area contributed by atoms with Gasteiger partial charge in [0.15, 0.2) is 0 Å². The van der Waals surface area contributed by atoms with E-state index in [1.807, 2.05) is 0 Å². The third-order valence-electron chi connectivity index (χ3n) is 8.66. The lowest BCUT2D eigenvalue weighted by Gasteiger charge is -2.64. The molecule has 0 aliphatic heterocycles. The molecule has 2 heteroatoms. The van der Waals surface area contributed by atoms with Crippen molar-refractivity contribution in [1.29, 1.82) is 0 Å². The number of nitrogens with one attached hydrogen (secondary N) is 1. The first-order valence-electron chi connectivity index (χ1n) is 11.0. The van der Waals surface area contributed by atoms with Crippen LogP contribution in [0.5, 0.6) is 0 Å². The Labute approximate surface area is 164 Å². The van der Waals surface area contributed by atoms with E-state index in [1.54, 1.807) is 5.56 Å². The molecule has 1 aromatic carbocycles. The summed E-state index contributed by atoms with van der Waals surface area (Å²) < 4.78 is 0. The van der Waals surface area contributed by atoms with Gasteiger partial charge in [-0.2, -0.15) is 0 Å². The summed E-state index contributed by atoms with van der Waals surface area (Å²) in [7, 11) is 0. The van der Waals surface area contributed by atoms with Crippen LogP contribution in [0.4, 0.5) is 0 Å². The molecule has 1 aromatic rings. The Kier molecular flexibility index (Phi) is 4.22. The molecule has 6 rings (SSSR count). The molecular formula is C24H34ClN. The largest absolute Gasteiger partial charge is 0.311 e. The number of halogens is 1. The molecule has 2 unspecified atom stereocenters. The highest BCUT2D eigenvalue weighted by Crippen LogP contribution is 2.66. The molecule has 0 radical (unpaired) electrons. The Hall–Kier alpha value is -0.530. The molecule has 1 N–H and O–H groups in total. The minimum absolute atomic E-state index is 0.424. The molecule has 0 aromatic heterocycles. The molecule has 7 atom stereocenters. The fraction of sp³-hybridized carbons (Fsp3) is 0.750. The molecule has 5 fully saturated rings. The zero-order valence-electron chi connectivity index (χ0n) is 16.4. The summed E-state index contributed by atoms with van der Waals surface area (Å²) in [6.45, 7) is 4.94. The molecule has 0 amide bonds. The lowest BCUT2D eigenvalue weighted by Crippen LogP contribution is -2.60. The Morgan fingerprint density at radius 2 is 1.69 bits per heavy atom. The second kappa shape index (κ2) is 6.24. The first kappa shape index (κ1) is 17.6. The molecule has 142 valence electrons. The molecule has 1 nitrogen and oxygen atoms in total. The average molecular weight is 372 g/mol. The maximum absolute atomic E-state index is 6.19. The van der Waals surface area contributed by atoms with Crippen LogP contribution in [0, 0.1) is 23.2 Å². The lowest BCUT2D eigenvalue weighted by molar-refractivity contribution is -0.0895. The number of benzene rings is 1. The van der Waals surface area contributed by atoms with Crippen LogP contribution in [-0.2, 0) is 5.41 Å². The topological polar surface area (TPSA) is 12.0 Å². The Morgan fingerprint density at radius 3 is 2.31 bits per heavy atom. The highest BCUT2D eigenvalue weighted by atomic mass is 35.5. The van der Waals surface area contributed by atoms with Crippen LogP contribution in [0.2, 0.25) is 5.02 Å². The van der Waals surface area contributed by atoms with Crippen molar-refractivity contribution in [2.45, 2.75) is 89.1 Å². The molecule has 5 aliphatic carbocycles. The fourth-order valence-corrected chi connectivity index (χ4v) is 8.00. The summed E-state index contributed by atoms with van der Waals surface area (Å²) in [5.41, 5.74) is 2.52. The van der Waals surface area contributed by atoms with Gasteiger partial charge in [0, 0.05) is 17.1 Å². The summed E-state index contributed by atoms with van der Waals surface area (Å²) in [6.07, 6.45) is 12.8. The van der Waals surface area contributed by atoms with Crippen LogP contribution < -0.4 is 5.32 Å². The summed E-state index contributed by atoms with van der Waals surface area (Å²) >= 11 is 6.19. The third-order valence-corrected chi connectivity index (χ3v) is 8.91. The van der Waals surface area contributed by atoms with E-state index in [1.165, 1.54) is 57.8 Å². The monoisotopic (exact) mass is 371 g/mol. The lowest BCUT2D eigenvalue weighted by atomic mass is 9.41. The van der Waals surface area contributed by atoms with Gasteiger partial charge >= 0.3 is 0 Å². The molecule has 0 spiro atoms. The van der Waals surface area contributed by atoms with Crippen molar-refractivity contribution in [3.8, 4) is 0 Å². The van der Waals surface area contributed by atoms with Crippen LogP contribution in [0.25, 0.3) is 0 Å². The van der Waals surface area contributed by atoms with E-state index in [9.17, 15) is 0 Å². The molecule has 0 heterocycles. The van der Waals surface area contributed by atoms with Crippen molar-refractivity contribution in [3.63, 3.8) is 0 Å². The zero-order valence-corrected chi connectivity index (χ0v) is 17.2. The normalized spacial score (nSPS) is 45.2. The maximum Gasteiger partial charge on any atom is 0.0406 e. The van der Waals surface area contributed by atoms with Crippen molar-refractivity contribution in [1.82, 2.24) is 5.32 Å². The van der Waals surface area contributed by atoms with Gasteiger partial charge in [0.1, 0.15) is 0 Å². The van der Waals surface area contributed by atoms with Crippen LogP contribution in [-0.4, -0.2) is 12.1 Å². The van der Waals surface area contributed by atoms with Gasteiger partial charge in [0.2, 0.25) is 0 Å². The Morgan fingerprint density at radius 1 is 1.00 bits per heavy atom. The number of hydrogen-bond acceptors (Lipinski definition) is 1. The second-order valence-corrected chi connectivity index (χ2v) is 11.1. The van der Waals surface area contributed by atoms with Crippen LogP contribution in [0.15, 0.2) is 24.3 Å². The predicted octanol–water partition coefficient (Wildman–Crippen LogP) is 6.34. The van der Waals surface area contributed by atoms with E-state index in [4.69, 9.17) is 11.6 Å². The minimum atomic E-state index is 0.424. The third kappa shape index (κ3) is 2.85. The van der Waals surface area contributed by atoms with Crippen LogP contribution in [0.1, 0.15) is 77.2 Å². The molecule has 26 heavy (non-hydrogen) atoms. The van der Waals surface area contributed by atoms with Crippen molar-refractivity contribution < 1.29 is 0 Å². The fourth-order valence-electron chi connectivity index (χ4n) is 7.87. The summed E-state index contributed by atoms with van der Waals surface area (Å²) in [5, 5.41) is 5.00. The van der Waals surface area contributed by atoms with Crippen molar-refractivity contribution >= 4 is 11.6 Å². The highest BCUT2D eigenvalue weighted by Gasteiger charge is 2.59. The van der Waals surface area contributed by atoms with Gasteiger partial charge in [0.05, 0.1) is 0 Å². The molecule has 0 saturated heterocycles. The van der Waals surface area contributed by atoms with Gasteiger partial charge in [-0.15, -0.1) is 0 Å². The van der Waals surface area contributed by atoms with E-state index in [-0.39, 0.29) is 0 Å². The zero-order chi connectivity index (χ0) is 17.9. The molecule has 5 aliphatic rings. The van der Waals surface area contributed by atoms with E-state index < -0.39 is 0 Å². The van der Waals surface area contributed by atoms with Crippen molar-refractivity contribution in [3.05, 3.63) is 34.9 Å². The second-order valence-electron chi connectivity index (χ2n) is 10.6. The van der Waals surface area contributed by atoms with Gasteiger partial charge in [0.25, 0.3) is 0 Å². The SMILES string of the molecule is C[C@@H]1CC[C@H](N[C@H](C)C23C[C@@H]4C[C@@H](CC(c5ccc(Cl)cc5)(C4)C2)C3)C1. The van der Waals surface area contributed by atoms with Gasteiger partial charge < -0.3 is 5.32 Å². The van der Waals surface area contributed by atoms with Crippen molar-refractivity contribution in [2.24, 2.45) is 23.2 Å². The average Bonchev–Trinajstić information content (AvgIpc) is 2.99. The quantitative estimate of drug-likeness (QED) is 0.650. The minimum Gasteiger partial charge on any atom is -0.311 e. The first-order valence-corrected chi connectivity index (χ1v) is 11.4. The standard InChI is InChI=1S/C24H34ClN/c1-16-3-8-22(9-16)26-17(2)23-11-18-10-19(12-23)14-24(13-18,15-23)20-4-6-21(25)7-5-20/h4-7,16-19,22,26H,3,8-15H2,1-2H3/t16-,17-,18-,19+,22+,23?,24?/m1/s1. The number of rotatable bonds is 4. The van der Waals surface area contributed by atoms with Gasteiger partial charge in [-0.05, 0) is 111 Å². The van der Waals surface area contributed by atoms with Gasteiger partial charge in [-0.1, -0.05) is 30.7 Å². The van der Waals surface area contributed by atoms with Gasteiger partial charge in [-0.3, -0.25) is 0 Å². The van der Waals surface area contributed by atoms with Crippen LogP contribution >= 0.6 is 11.6 Å². The van der Waals surface area contributed by atoms with E-state index in [2.05, 4.69) is 43.4 Å². The molecule has 5 saturated carbocycles. The first-order chi connectivity index (χ1) is 12.5. The van der Waals surface area contributed by atoms with E-state index in [0.717, 1.165) is 28.8 Å². The maximum atomic E-state index is 6.19. The Balaban J connectivity index is 1.42. The molecular weight excluding hydrogens is 338 g/mol. The summed E-state index contributed by atoms with van der Waals surface area (Å²) in [6, 6.07) is 10.3. The molecule has 4 bridgehead atoms.